The number of hydrogen-bond donors (Lipinski definition) is 2. The zero-order valence-corrected chi connectivity index (χ0v) is 11.5. The van der Waals surface area contributed by atoms with E-state index >= 15 is 0 Å². The van der Waals surface area contributed by atoms with Crippen molar-refractivity contribution in [2.24, 2.45) is 11.7 Å². The number of carbonyl (C=O) groups is 2. The van der Waals surface area contributed by atoms with Gasteiger partial charge in [-0.1, -0.05) is 39.0 Å². The Kier molecular flexibility index (Phi) is 10.1. The van der Waals surface area contributed by atoms with Crippen LogP contribution in [-0.2, 0) is 9.53 Å². The molecule has 106 valence electrons. The average Bonchev–Trinajstić information content (AvgIpc) is 2.30. The van der Waals surface area contributed by atoms with Crippen LogP contribution in [0.25, 0.3) is 0 Å². The topological polar surface area (TPSA) is 81.4 Å². The number of amides is 2. The number of rotatable bonds is 4. The molecule has 1 aliphatic rings. The van der Waals surface area contributed by atoms with E-state index in [-0.39, 0.29) is 18.9 Å². The smallest absolute Gasteiger partial charge is 0.312 e. The van der Waals surface area contributed by atoms with Crippen molar-refractivity contribution < 1.29 is 14.3 Å². The van der Waals surface area contributed by atoms with Crippen LogP contribution in [0.5, 0.6) is 0 Å². The van der Waals surface area contributed by atoms with Crippen molar-refractivity contribution in [1.29, 1.82) is 0 Å². The van der Waals surface area contributed by atoms with Gasteiger partial charge in [0.15, 0.2) is 0 Å². The summed E-state index contributed by atoms with van der Waals surface area (Å²) >= 11 is 0. The van der Waals surface area contributed by atoms with Crippen LogP contribution in [0.2, 0.25) is 0 Å². The van der Waals surface area contributed by atoms with Gasteiger partial charge >= 0.3 is 12.0 Å². The quantitative estimate of drug-likeness (QED) is 0.758. The number of nitrogens with two attached hydrogens (primary N) is 1. The minimum absolute atomic E-state index is 0.163. The summed E-state index contributed by atoms with van der Waals surface area (Å²) < 4.78 is 4.59. The SMILES string of the molecule is CC1CCCCC1.CCOC(=O)CCNC(N)=O. The van der Waals surface area contributed by atoms with Gasteiger partial charge in [-0.25, -0.2) is 4.79 Å². The van der Waals surface area contributed by atoms with Crippen molar-refractivity contribution >= 4 is 12.0 Å². The first kappa shape index (κ1) is 16.7. The predicted octanol–water partition coefficient (Wildman–Crippen LogP) is 2.19. The highest BCUT2D eigenvalue weighted by atomic mass is 16.5. The fraction of sp³-hybridized carbons (Fsp3) is 0.846. The molecule has 5 heteroatoms. The number of ether oxygens (including phenoxy) is 1. The molecule has 1 rings (SSSR count). The first-order chi connectivity index (χ1) is 8.56. The molecular formula is C13H26N2O3. The van der Waals surface area contributed by atoms with Crippen molar-refractivity contribution in [3.8, 4) is 0 Å². The second kappa shape index (κ2) is 10.9. The number of primary amides is 1. The summed E-state index contributed by atoms with van der Waals surface area (Å²) in [5, 5.41) is 2.27. The monoisotopic (exact) mass is 258 g/mol. The van der Waals surface area contributed by atoms with Gasteiger partial charge in [0, 0.05) is 6.54 Å². The molecule has 0 saturated heterocycles. The van der Waals surface area contributed by atoms with Crippen molar-refractivity contribution in [1.82, 2.24) is 5.32 Å². The zero-order chi connectivity index (χ0) is 13.8. The molecule has 0 aliphatic heterocycles. The van der Waals surface area contributed by atoms with Gasteiger partial charge in [0.1, 0.15) is 0 Å². The molecule has 0 aromatic heterocycles. The Hall–Kier alpha value is -1.26. The second-order valence-corrected chi connectivity index (χ2v) is 4.59. The van der Waals surface area contributed by atoms with E-state index in [1.54, 1.807) is 6.92 Å². The summed E-state index contributed by atoms with van der Waals surface area (Å²) in [5.74, 6) is 0.704. The number of esters is 1. The summed E-state index contributed by atoms with van der Waals surface area (Å²) in [6, 6.07) is -0.630. The maximum atomic E-state index is 10.6. The Morgan fingerprint density at radius 2 is 1.89 bits per heavy atom. The van der Waals surface area contributed by atoms with Crippen LogP contribution in [-0.4, -0.2) is 25.2 Å². The van der Waals surface area contributed by atoms with Gasteiger partial charge < -0.3 is 15.8 Å². The molecule has 0 atom stereocenters. The van der Waals surface area contributed by atoms with Crippen LogP contribution in [0.15, 0.2) is 0 Å². The second-order valence-electron chi connectivity index (χ2n) is 4.59. The lowest BCUT2D eigenvalue weighted by molar-refractivity contribution is -0.142. The Bertz CT molecular complexity index is 238. The Labute approximate surface area is 109 Å². The molecule has 3 N–H and O–H groups in total. The van der Waals surface area contributed by atoms with E-state index in [4.69, 9.17) is 5.73 Å². The van der Waals surface area contributed by atoms with Gasteiger partial charge in [-0.05, 0) is 12.8 Å². The number of urea groups is 1. The molecule has 5 nitrogen and oxygen atoms in total. The zero-order valence-electron chi connectivity index (χ0n) is 11.5. The maximum absolute atomic E-state index is 10.6. The van der Waals surface area contributed by atoms with Crippen molar-refractivity contribution in [3.05, 3.63) is 0 Å². The van der Waals surface area contributed by atoms with Gasteiger partial charge in [0.2, 0.25) is 0 Å². The van der Waals surface area contributed by atoms with Gasteiger partial charge in [-0.2, -0.15) is 0 Å². The fourth-order valence-electron chi connectivity index (χ4n) is 1.83. The van der Waals surface area contributed by atoms with Crippen molar-refractivity contribution in [3.63, 3.8) is 0 Å². The van der Waals surface area contributed by atoms with Crippen LogP contribution < -0.4 is 11.1 Å². The van der Waals surface area contributed by atoms with Crippen molar-refractivity contribution in [2.75, 3.05) is 13.2 Å². The van der Waals surface area contributed by atoms with Gasteiger partial charge in [0.05, 0.1) is 13.0 Å². The van der Waals surface area contributed by atoms with E-state index < -0.39 is 6.03 Å². The predicted molar refractivity (Wildman–Crippen MR) is 71.1 cm³/mol. The molecule has 0 spiro atoms. The minimum atomic E-state index is -0.630. The third kappa shape index (κ3) is 11.2. The standard InChI is InChI=1S/C7H14.C6H12N2O3/c1-7-5-3-2-4-6-7;1-2-11-5(9)3-4-8-6(7)10/h7H,2-6H2,1H3;2-4H2,1H3,(H3,7,8,10). The molecule has 1 saturated carbocycles. The summed E-state index contributed by atoms with van der Waals surface area (Å²) in [6.07, 6.45) is 7.60. The molecule has 0 radical (unpaired) electrons. The third-order valence-electron chi connectivity index (χ3n) is 2.83. The van der Waals surface area contributed by atoms with Crippen molar-refractivity contribution in [2.45, 2.75) is 52.4 Å². The minimum Gasteiger partial charge on any atom is -0.466 e. The molecule has 0 aromatic carbocycles. The summed E-state index contributed by atoms with van der Waals surface area (Å²) in [6.45, 7) is 4.67. The lowest BCUT2D eigenvalue weighted by Gasteiger charge is -2.15. The van der Waals surface area contributed by atoms with Crippen LogP contribution in [0.1, 0.15) is 52.4 Å². The number of carbonyl (C=O) groups excluding carboxylic acids is 2. The molecular weight excluding hydrogens is 232 g/mol. The van der Waals surface area contributed by atoms with E-state index in [9.17, 15) is 9.59 Å². The van der Waals surface area contributed by atoms with E-state index in [1.807, 2.05) is 0 Å². The highest BCUT2D eigenvalue weighted by molar-refractivity contribution is 5.73. The van der Waals surface area contributed by atoms with Crippen LogP contribution in [0, 0.1) is 5.92 Å². The molecule has 0 aromatic rings. The maximum Gasteiger partial charge on any atom is 0.312 e. The fourth-order valence-corrected chi connectivity index (χ4v) is 1.83. The summed E-state index contributed by atoms with van der Waals surface area (Å²) in [5.41, 5.74) is 4.75. The summed E-state index contributed by atoms with van der Waals surface area (Å²) in [4.78, 5) is 20.7. The van der Waals surface area contributed by atoms with Crippen LogP contribution in [0.4, 0.5) is 4.79 Å². The van der Waals surface area contributed by atoms with E-state index in [1.165, 1.54) is 32.1 Å². The lowest BCUT2D eigenvalue weighted by atomic mass is 9.91. The third-order valence-corrected chi connectivity index (χ3v) is 2.83. The first-order valence-electron chi connectivity index (χ1n) is 6.75. The van der Waals surface area contributed by atoms with Gasteiger partial charge in [-0.3, -0.25) is 4.79 Å². The van der Waals surface area contributed by atoms with Gasteiger partial charge in [0.25, 0.3) is 0 Å². The molecule has 0 heterocycles. The average molecular weight is 258 g/mol. The van der Waals surface area contributed by atoms with E-state index in [2.05, 4.69) is 17.0 Å². The van der Waals surface area contributed by atoms with Crippen LogP contribution >= 0.6 is 0 Å². The number of nitrogens with one attached hydrogen (secondary N) is 1. The summed E-state index contributed by atoms with van der Waals surface area (Å²) in [7, 11) is 0. The lowest BCUT2D eigenvalue weighted by Crippen LogP contribution is -2.31. The molecule has 0 unspecified atom stereocenters. The molecule has 0 bridgehead atoms. The highest BCUT2D eigenvalue weighted by Crippen LogP contribution is 2.22. The molecule has 18 heavy (non-hydrogen) atoms. The van der Waals surface area contributed by atoms with E-state index in [0.29, 0.717) is 6.61 Å². The highest BCUT2D eigenvalue weighted by Gasteiger charge is 2.06. The first-order valence-corrected chi connectivity index (χ1v) is 6.75. The van der Waals surface area contributed by atoms with Gasteiger partial charge in [-0.15, -0.1) is 0 Å². The Morgan fingerprint density at radius 3 is 2.28 bits per heavy atom. The van der Waals surface area contributed by atoms with E-state index in [0.717, 1.165) is 5.92 Å². The Balaban J connectivity index is 0.000000351. The number of hydrogen-bond acceptors (Lipinski definition) is 3. The molecule has 1 fully saturated rings. The largest absolute Gasteiger partial charge is 0.466 e. The molecule has 1 aliphatic carbocycles. The molecule has 2 amide bonds. The Morgan fingerprint density at radius 1 is 1.28 bits per heavy atom. The van der Waals surface area contributed by atoms with Crippen LogP contribution in [0.3, 0.4) is 0 Å². The normalized spacial score (nSPS) is 15.2.